The second-order valence-corrected chi connectivity index (χ2v) is 10.2. The highest BCUT2D eigenvalue weighted by Crippen LogP contribution is 2.25. The van der Waals surface area contributed by atoms with Gasteiger partial charge >= 0.3 is 0 Å². The van der Waals surface area contributed by atoms with Gasteiger partial charge in [0.15, 0.2) is 0 Å². The van der Waals surface area contributed by atoms with Crippen molar-refractivity contribution in [2.24, 2.45) is 0 Å². The molecular weight excluding hydrogens is 474 g/mol. The van der Waals surface area contributed by atoms with Crippen LogP contribution in [0, 0.1) is 0 Å². The SMILES string of the molecule is CN(C)S(=O)(=O)c1ccc(Cl)c(C(=O)NCc2cn(-c3ccccc3)nc2-c2ccncc2)c1. The van der Waals surface area contributed by atoms with Crippen LogP contribution in [0.3, 0.4) is 0 Å². The number of sulfonamides is 1. The molecule has 8 nitrogen and oxygen atoms in total. The molecule has 0 fully saturated rings. The molecule has 0 radical (unpaired) electrons. The zero-order valence-electron chi connectivity index (χ0n) is 18.5. The number of para-hydroxylation sites is 1. The predicted molar refractivity (Wildman–Crippen MR) is 130 cm³/mol. The Balaban J connectivity index is 1.64. The number of pyridine rings is 1. The molecule has 174 valence electrons. The lowest BCUT2D eigenvalue weighted by Crippen LogP contribution is -2.25. The molecule has 10 heteroatoms. The van der Waals surface area contributed by atoms with Crippen molar-refractivity contribution in [1.29, 1.82) is 0 Å². The van der Waals surface area contributed by atoms with E-state index in [4.69, 9.17) is 16.7 Å². The van der Waals surface area contributed by atoms with E-state index in [0.717, 1.165) is 21.1 Å². The van der Waals surface area contributed by atoms with E-state index in [1.165, 1.54) is 32.3 Å². The molecule has 0 saturated heterocycles. The van der Waals surface area contributed by atoms with Crippen LogP contribution in [0.2, 0.25) is 5.02 Å². The van der Waals surface area contributed by atoms with E-state index in [1.54, 1.807) is 17.1 Å². The molecule has 4 rings (SSSR count). The molecule has 0 aliphatic rings. The van der Waals surface area contributed by atoms with Crippen LogP contribution in [0.4, 0.5) is 0 Å². The summed E-state index contributed by atoms with van der Waals surface area (Å²) in [5, 5.41) is 7.71. The number of nitrogens with one attached hydrogen (secondary N) is 1. The quantitative estimate of drug-likeness (QED) is 0.421. The van der Waals surface area contributed by atoms with Gasteiger partial charge < -0.3 is 5.32 Å². The molecule has 4 aromatic rings. The molecule has 2 heterocycles. The first-order valence-corrected chi connectivity index (χ1v) is 12.1. The normalized spacial score (nSPS) is 11.5. The summed E-state index contributed by atoms with van der Waals surface area (Å²) in [6.07, 6.45) is 5.20. The van der Waals surface area contributed by atoms with E-state index in [9.17, 15) is 13.2 Å². The molecule has 0 spiro atoms. The molecule has 1 N–H and O–H groups in total. The van der Waals surface area contributed by atoms with Crippen LogP contribution in [-0.2, 0) is 16.6 Å². The van der Waals surface area contributed by atoms with Gasteiger partial charge in [-0.05, 0) is 42.5 Å². The molecule has 1 amide bonds. The van der Waals surface area contributed by atoms with Gasteiger partial charge in [-0.3, -0.25) is 9.78 Å². The third kappa shape index (κ3) is 4.86. The lowest BCUT2D eigenvalue weighted by molar-refractivity contribution is 0.0951. The van der Waals surface area contributed by atoms with Crippen LogP contribution in [-0.4, -0.2) is 47.5 Å². The zero-order chi connectivity index (χ0) is 24.3. The first-order chi connectivity index (χ1) is 16.3. The Labute approximate surface area is 202 Å². The van der Waals surface area contributed by atoms with Crippen molar-refractivity contribution < 1.29 is 13.2 Å². The van der Waals surface area contributed by atoms with Gasteiger partial charge in [0.1, 0.15) is 0 Å². The van der Waals surface area contributed by atoms with Gasteiger partial charge in [0.25, 0.3) is 5.91 Å². The zero-order valence-corrected chi connectivity index (χ0v) is 20.1. The Bertz CT molecular complexity index is 1420. The Morgan fingerprint density at radius 2 is 1.76 bits per heavy atom. The number of hydrogen-bond donors (Lipinski definition) is 1. The van der Waals surface area contributed by atoms with E-state index in [-0.39, 0.29) is 22.0 Å². The molecule has 0 unspecified atom stereocenters. The van der Waals surface area contributed by atoms with Crippen molar-refractivity contribution in [3.63, 3.8) is 0 Å². The minimum absolute atomic E-state index is 0.0126. The second kappa shape index (κ2) is 9.76. The van der Waals surface area contributed by atoms with E-state index in [1.807, 2.05) is 48.7 Å². The number of hydrogen-bond acceptors (Lipinski definition) is 5. The number of carbonyl (C=O) groups excluding carboxylic acids is 1. The Morgan fingerprint density at radius 1 is 1.06 bits per heavy atom. The monoisotopic (exact) mass is 495 g/mol. The van der Waals surface area contributed by atoms with Crippen molar-refractivity contribution >= 4 is 27.5 Å². The van der Waals surface area contributed by atoms with Crippen LogP contribution in [0.1, 0.15) is 15.9 Å². The van der Waals surface area contributed by atoms with Crippen LogP contribution in [0.25, 0.3) is 16.9 Å². The summed E-state index contributed by atoms with van der Waals surface area (Å²) in [5.41, 5.74) is 3.27. The van der Waals surface area contributed by atoms with Gasteiger partial charge in [0.2, 0.25) is 10.0 Å². The second-order valence-electron chi connectivity index (χ2n) is 7.63. The molecule has 0 bridgehead atoms. The first kappa shape index (κ1) is 23.6. The number of amides is 1. The average Bonchev–Trinajstić information content (AvgIpc) is 3.28. The van der Waals surface area contributed by atoms with Gasteiger partial charge in [-0.1, -0.05) is 29.8 Å². The highest BCUT2D eigenvalue weighted by molar-refractivity contribution is 7.89. The van der Waals surface area contributed by atoms with Gasteiger partial charge in [-0.25, -0.2) is 17.4 Å². The fourth-order valence-corrected chi connectivity index (χ4v) is 4.46. The number of rotatable bonds is 7. The third-order valence-corrected chi connectivity index (χ3v) is 7.31. The summed E-state index contributed by atoms with van der Waals surface area (Å²) in [5.74, 6) is -0.492. The minimum Gasteiger partial charge on any atom is -0.348 e. The van der Waals surface area contributed by atoms with Crippen molar-refractivity contribution in [2.75, 3.05) is 14.1 Å². The Kier molecular flexibility index (Phi) is 6.78. The summed E-state index contributed by atoms with van der Waals surface area (Å²) in [4.78, 5) is 17.0. The van der Waals surface area contributed by atoms with Crippen molar-refractivity contribution in [3.8, 4) is 16.9 Å². The standard InChI is InChI=1S/C24H22ClN5O3S/c1-29(2)34(32,33)20-8-9-22(25)21(14-20)24(31)27-15-18-16-30(19-6-4-3-5-7-19)28-23(18)17-10-12-26-13-11-17/h3-14,16H,15H2,1-2H3,(H,27,31). The summed E-state index contributed by atoms with van der Waals surface area (Å²) in [6.45, 7) is 0.157. The maximum atomic E-state index is 13.0. The number of halogens is 1. The Morgan fingerprint density at radius 3 is 2.44 bits per heavy atom. The highest BCUT2D eigenvalue weighted by Gasteiger charge is 2.21. The third-order valence-electron chi connectivity index (χ3n) is 5.16. The number of aromatic nitrogens is 3. The topological polar surface area (TPSA) is 97.2 Å². The predicted octanol–water partition coefficient (Wildman–Crippen LogP) is 3.77. The van der Waals surface area contributed by atoms with E-state index < -0.39 is 15.9 Å². The molecule has 0 aliphatic heterocycles. The van der Waals surface area contributed by atoms with E-state index in [2.05, 4.69) is 10.3 Å². The highest BCUT2D eigenvalue weighted by atomic mass is 35.5. The molecular formula is C24H22ClN5O3S. The number of carbonyl (C=O) groups is 1. The van der Waals surface area contributed by atoms with Crippen molar-refractivity contribution in [2.45, 2.75) is 11.4 Å². The minimum atomic E-state index is -3.71. The van der Waals surface area contributed by atoms with Crippen molar-refractivity contribution in [3.05, 3.63) is 95.4 Å². The van der Waals surface area contributed by atoms with Gasteiger partial charge in [0, 0.05) is 50.4 Å². The molecule has 34 heavy (non-hydrogen) atoms. The largest absolute Gasteiger partial charge is 0.348 e. The van der Waals surface area contributed by atoms with E-state index >= 15 is 0 Å². The number of benzene rings is 2. The summed E-state index contributed by atoms with van der Waals surface area (Å²) in [6, 6.07) is 17.4. The fourth-order valence-electron chi connectivity index (χ4n) is 3.33. The lowest BCUT2D eigenvalue weighted by atomic mass is 10.1. The van der Waals surface area contributed by atoms with Crippen LogP contribution in [0.15, 0.2) is 84.1 Å². The van der Waals surface area contributed by atoms with Crippen LogP contribution >= 0.6 is 11.6 Å². The van der Waals surface area contributed by atoms with Gasteiger partial charge in [-0.2, -0.15) is 5.10 Å². The van der Waals surface area contributed by atoms with Crippen LogP contribution < -0.4 is 5.32 Å². The molecule has 0 atom stereocenters. The number of nitrogens with zero attached hydrogens (tertiary/aromatic N) is 4. The van der Waals surface area contributed by atoms with Crippen LogP contribution in [0.5, 0.6) is 0 Å². The summed E-state index contributed by atoms with van der Waals surface area (Å²) < 4.78 is 27.8. The molecule has 0 saturated carbocycles. The Hall–Kier alpha value is -3.53. The molecule has 2 aromatic heterocycles. The maximum Gasteiger partial charge on any atom is 0.253 e. The molecule has 0 aliphatic carbocycles. The lowest BCUT2D eigenvalue weighted by Gasteiger charge is -2.13. The molecule has 2 aromatic carbocycles. The maximum absolute atomic E-state index is 13.0. The first-order valence-electron chi connectivity index (χ1n) is 10.3. The van der Waals surface area contributed by atoms with Gasteiger partial charge in [0.05, 0.1) is 26.9 Å². The smallest absolute Gasteiger partial charge is 0.253 e. The van der Waals surface area contributed by atoms with Gasteiger partial charge in [-0.15, -0.1) is 0 Å². The van der Waals surface area contributed by atoms with Crippen molar-refractivity contribution in [1.82, 2.24) is 24.4 Å². The summed E-state index contributed by atoms with van der Waals surface area (Å²) in [7, 11) is -0.861. The van der Waals surface area contributed by atoms with E-state index in [0.29, 0.717) is 5.69 Å². The fraction of sp³-hybridized carbons (Fsp3) is 0.125. The average molecular weight is 496 g/mol. The summed E-state index contributed by atoms with van der Waals surface area (Å²) >= 11 is 6.22.